The van der Waals surface area contributed by atoms with Crippen molar-refractivity contribution < 1.29 is 9.32 Å². The van der Waals surface area contributed by atoms with Crippen LogP contribution in [0.2, 0.25) is 5.02 Å². The number of carbonyl (C=O) groups is 1. The summed E-state index contributed by atoms with van der Waals surface area (Å²) in [4.78, 5) is 18.0. The molecule has 0 aliphatic carbocycles. The highest BCUT2D eigenvalue weighted by molar-refractivity contribution is 7.80. The van der Waals surface area contributed by atoms with Gasteiger partial charge in [-0.25, -0.2) is 0 Å². The van der Waals surface area contributed by atoms with Gasteiger partial charge in [0, 0.05) is 22.4 Å². The summed E-state index contributed by atoms with van der Waals surface area (Å²) in [6, 6.07) is 12.7. The molecule has 1 saturated heterocycles. The van der Waals surface area contributed by atoms with Gasteiger partial charge in [0.05, 0.1) is 17.9 Å². The maximum Gasteiger partial charge on any atom is 0.256 e. The Morgan fingerprint density at radius 3 is 2.82 bits per heavy atom. The fraction of sp³-hybridized carbons (Fsp3) is 0.250. The molecule has 28 heavy (non-hydrogen) atoms. The molecule has 144 valence electrons. The Bertz CT molecular complexity index is 1000. The van der Waals surface area contributed by atoms with Crippen LogP contribution in [0.5, 0.6) is 0 Å². The van der Waals surface area contributed by atoms with Gasteiger partial charge in [-0.2, -0.15) is 0 Å². The number of carbonyl (C=O) groups excluding carboxylic acids is 1. The number of rotatable bonds is 6. The van der Waals surface area contributed by atoms with E-state index < -0.39 is 6.04 Å². The third-order valence-electron chi connectivity index (χ3n) is 4.66. The van der Waals surface area contributed by atoms with Gasteiger partial charge in [-0.3, -0.25) is 9.69 Å². The maximum absolute atomic E-state index is 13.3. The van der Waals surface area contributed by atoms with E-state index in [1.54, 1.807) is 28.4 Å². The van der Waals surface area contributed by atoms with Crippen LogP contribution in [0.1, 0.15) is 23.3 Å². The van der Waals surface area contributed by atoms with Crippen molar-refractivity contribution in [3.63, 3.8) is 0 Å². The fourth-order valence-corrected chi connectivity index (χ4v) is 4.52. The van der Waals surface area contributed by atoms with E-state index in [0.29, 0.717) is 34.5 Å². The number of thiocarbonyl (C=S) groups is 1. The van der Waals surface area contributed by atoms with Gasteiger partial charge < -0.3 is 9.42 Å². The van der Waals surface area contributed by atoms with Crippen molar-refractivity contribution in [1.82, 2.24) is 10.1 Å². The number of nitrogens with zero attached hydrogens (tertiary/aromatic N) is 3. The predicted molar refractivity (Wildman–Crippen MR) is 115 cm³/mol. The van der Waals surface area contributed by atoms with Crippen molar-refractivity contribution >= 4 is 51.9 Å². The van der Waals surface area contributed by atoms with Crippen LogP contribution in [0, 0.1) is 0 Å². The van der Waals surface area contributed by atoms with E-state index >= 15 is 0 Å². The Morgan fingerprint density at radius 1 is 1.29 bits per heavy atom. The summed E-state index contributed by atoms with van der Waals surface area (Å²) in [6.07, 6.45) is 1.20. The molecule has 4 rings (SSSR count). The topological polar surface area (TPSA) is 49.6 Å². The largest absolute Gasteiger partial charge is 0.361 e. The molecular weight excluding hydrogens is 414 g/mol. The molecule has 0 saturated carbocycles. The van der Waals surface area contributed by atoms with E-state index in [4.69, 9.17) is 28.3 Å². The van der Waals surface area contributed by atoms with Gasteiger partial charge in [0.2, 0.25) is 0 Å². The lowest BCUT2D eigenvalue weighted by Gasteiger charge is -2.23. The number of benzene rings is 1. The zero-order chi connectivity index (χ0) is 19.7. The smallest absolute Gasteiger partial charge is 0.256 e. The van der Waals surface area contributed by atoms with E-state index in [1.165, 1.54) is 0 Å². The van der Waals surface area contributed by atoms with E-state index in [1.807, 2.05) is 47.5 Å². The number of aromatic nitrogens is 1. The Labute approximate surface area is 177 Å². The summed E-state index contributed by atoms with van der Waals surface area (Å²) in [5, 5.41) is 7.09. The zero-order valence-electron chi connectivity index (χ0n) is 15.2. The first-order chi connectivity index (χ1) is 13.6. The highest BCUT2D eigenvalue weighted by atomic mass is 35.5. The van der Waals surface area contributed by atoms with Crippen molar-refractivity contribution in [2.75, 3.05) is 4.90 Å². The lowest BCUT2D eigenvalue weighted by atomic mass is 10.1. The molecule has 0 radical (unpaired) electrons. The summed E-state index contributed by atoms with van der Waals surface area (Å²) in [6.45, 7) is 2.58. The highest BCUT2D eigenvalue weighted by Gasteiger charge is 2.43. The van der Waals surface area contributed by atoms with Gasteiger partial charge in [0.15, 0.2) is 5.11 Å². The SMILES string of the molecule is CCc1cc(CC2C(=O)N(c3cccc(Cl)c3)C(=S)N2Cc2cccs2)on1. The van der Waals surface area contributed by atoms with Crippen LogP contribution in [0.3, 0.4) is 0 Å². The second-order valence-electron chi connectivity index (χ2n) is 6.50. The summed E-state index contributed by atoms with van der Waals surface area (Å²) in [5.41, 5.74) is 1.55. The molecule has 3 heterocycles. The quantitative estimate of drug-likeness (QED) is 0.529. The summed E-state index contributed by atoms with van der Waals surface area (Å²) in [5.74, 6) is 0.598. The van der Waals surface area contributed by atoms with Crippen molar-refractivity contribution in [2.45, 2.75) is 32.4 Å². The molecule has 0 bridgehead atoms. The average molecular weight is 432 g/mol. The van der Waals surface area contributed by atoms with Gasteiger partial charge in [-0.15, -0.1) is 11.3 Å². The number of halogens is 1. The van der Waals surface area contributed by atoms with Crippen molar-refractivity contribution in [3.05, 3.63) is 69.2 Å². The average Bonchev–Trinajstić information content (AvgIpc) is 3.40. The minimum Gasteiger partial charge on any atom is -0.361 e. The van der Waals surface area contributed by atoms with E-state index in [-0.39, 0.29) is 5.91 Å². The number of amides is 1. The van der Waals surface area contributed by atoms with Crippen molar-refractivity contribution in [3.8, 4) is 0 Å². The molecule has 1 unspecified atom stereocenters. The molecule has 3 aromatic rings. The second-order valence-corrected chi connectivity index (χ2v) is 8.34. The Kier molecular flexibility index (Phi) is 5.48. The van der Waals surface area contributed by atoms with Gasteiger partial charge in [0.1, 0.15) is 11.8 Å². The summed E-state index contributed by atoms with van der Waals surface area (Å²) >= 11 is 13.5. The first-order valence-corrected chi connectivity index (χ1v) is 10.6. The standard InChI is InChI=1S/C20H18ClN3O2S2/c1-2-14-10-16(26-22-14)11-18-19(25)24(15-6-3-5-13(21)9-15)20(27)23(18)12-17-7-4-8-28-17/h3-10,18H,2,11-12H2,1H3. The minimum absolute atomic E-state index is 0.0849. The number of thiophene rings is 1. The van der Waals surface area contributed by atoms with Gasteiger partial charge in [0.25, 0.3) is 5.91 Å². The second kappa shape index (κ2) is 8.03. The van der Waals surface area contributed by atoms with Gasteiger partial charge in [-0.1, -0.05) is 35.8 Å². The summed E-state index contributed by atoms with van der Waals surface area (Å²) < 4.78 is 5.44. The fourth-order valence-electron chi connectivity index (χ4n) is 3.25. The number of hydrogen-bond acceptors (Lipinski definition) is 5. The molecule has 0 N–H and O–H groups in total. The molecule has 1 aliphatic heterocycles. The van der Waals surface area contributed by atoms with E-state index in [0.717, 1.165) is 17.0 Å². The number of hydrogen-bond donors (Lipinski definition) is 0. The molecule has 1 fully saturated rings. The van der Waals surface area contributed by atoms with Crippen LogP contribution < -0.4 is 4.90 Å². The maximum atomic E-state index is 13.3. The molecular formula is C20H18ClN3O2S2. The molecule has 0 spiro atoms. The van der Waals surface area contributed by atoms with Gasteiger partial charge in [-0.05, 0) is 48.3 Å². The molecule has 1 aliphatic rings. The first-order valence-electron chi connectivity index (χ1n) is 8.93. The highest BCUT2D eigenvalue weighted by Crippen LogP contribution is 2.31. The van der Waals surface area contributed by atoms with Crippen LogP contribution in [-0.2, 0) is 24.2 Å². The lowest BCUT2D eigenvalue weighted by molar-refractivity contribution is -0.119. The minimum atomic E-state index is -0.453. The van der Waals surface area contributed by atoms with Crippen LogP contribution in [0.15, 0.2) is 52.4 Å². The van der Waals surface area contributed by atoms with Crippen LogP contribution in [0.25, 0.3) is 0 Å². The molecule has 8 heteroatoms. The monoisotopic (exact) mass is 431 g/mol. The molecule has 1 aromatic carbocycles. The summed E-state index contributed by atoms with van der Waals surface area (Å²) in [7, 11) is 0. The molecule has 2 aromatic heterocycles. The van der Waals surface area contributed by atoms with Gasteiger partial charge >= 0.3 is 0 Å². The number of aryl methyl sites for hydroxylation is 1. The van der Waals surface area contributed by atoms with E-state index in [2.05, 4.69) is 5.16 Å². The zero-order valence-corrected chi connectivity index (χ0v) is 17.6. The third-order valence-corrected chi connectivity index (χ3v) is 6.17. The third kappa shape index (κ3) is 3.70. The van der Waals surface area contributed by atoms with E-state index in [9.17, 15) is 4.79 Å². The van der Waals surface area contributed by atoms with Crippen LogP contribution >= 0.6 is 35.2 Å². The van der Waals surface area contributed by atoms with Crippen LogP contribution in [-0.4, -0.2) is 27.1 Å². The Balaban J connectivity index is 1.67. The van der Waals surface area contributed by atoms with Crippen molar-refractivity contribution in [2.24, 2.45) is 0 Å². The Hall–Kier alpha value is -2.22. The first kappa shape index (κ1) is 19.1. The Morgan fingerprint density at radius 2 is 2.14 bits per heavy atom. The predicted octanol–water partition coefficient (Wildman–Crippen LogP) is 4.70. The lowest BCUT2D eigenvalue weighted by Crippen LogP contribution is -2.35. The molecule has 1 amide bonds. The van der Waals surface area contributed by atoms with Crippen LogP contribution in [0.4, 0.5) is 5.69 Å². The molecule has 1 atom stereocenters. The normalized spacial score (nSPS) is 17.0. The molecule has 5 nitrogen and oxygen atoms in total. The van der Waals surface area contributed by atoms with Crippen molar-refractivity contribution in [1.29, 1.82) is 0 Å². The number of anilines is 1.